The molecule has 6 nitrogen and oxygen atoms in total. The van der Waals surface area contributed by atoms with Crippen LogP contribution in [0.15, 0.2) is 40.4 Å². The van der Waals surface area contributed by atoms with Crippen LogP contribution in [-0.4, -0.2) is 15.9 Å². The molecule has 88 valence electrons. The summed E-state index contributed by atoms with van der Waals surface area (Å²) < 4.78 is 5.22. The predicted molar refractivity (Wildman–Crippen MR) is 62.0 cm³/mol. The number of nitrogens with one attached hydrogen (secondary N) is 1. The molecule has 0 aliphatic carbocycles. The van der Waals surface area contributed by atoms with Crippen molar-refractivity contribution in [2.45, 2.75) is 10.8 Å². The van der Waals surface area contributed by atoms with E-state index in [1.54, 1.807) is 24.7 Å². The number of amides is 1. The summed E-state index contributed by atoms with van der Waals surface area (Å²) >= 11 is 1.48. The first-order valence-electron chi connectivity index (χ1n) is 4.77. The smallest absolute Gasteiger partial charge is 0.268 e. The molecule has 0 bridgehead atoms. The highest BCUT2D eigenvalue weighted by Crippen LogP contribution is 2.20. The van der Waals surface area contributed by atoms with Crippen LogP contribution >= 0.6 is 11.8 Å². The maximum Gasteiger partial charge on any atom is 0.268 e. The number of hydrogen-bond donors (Lipinski definition) is 2. The minimum absolute atomic E-state index is 0.371. The van der Waals surface area contributed by atoms with Gasteiger partial charge in [-0.05, 0) is 6.07 Å². The molecule has 7 heteroatoms. The molecule has 2 rings (SSSR count). The second kappa shape index (κ2) is 5.46. The minimum Gasteiger partial charge on any atom is -0.468 e. The molecule has 0 radical (unpaired) electrons. The van der Waals surface area contributed by atoms with E-state index in [-0.39, 0.29) is 5.91 Å². The summed E-state index contributed by atoms with van der Waals surface area (Å²) in [4.78, 5) is 19.2. The molecule has 0 saturated carbocycles. The molecule has 3 N–H and O–H groups in total. The SMILES string of the molecule is NNC(=O)c1coc(CSc2cnccn2)c1. The first kappa shape index (κ1) is 11.6. The Kier molecular flexibility index (Phi) is 3.73. The normalized spacial score (nSPS) is 10.2. The molecule has 2 aromatic heterocycles. The lowest BCUT2D eigenvalue weighted by atomic mass is 10.3. The summed E-state index contributed by atoms with van der Waals surface area (Å²) in [5.74, 6) is 5.90. The van der Waals surface area contributed by atoms with Crippen molar-refractivity contribution in [3.05, 3.63) is 42.2 Å². The standard InChI is InChI=1S/C10H10N4O2S/c11-14-10(15)7-3-8(16-5-7)6-17-9-4-12-1-2-13-9/h1-5H,6,11H2,(H,14,15). The zero-order valence-electron chi connectivity index (χ0n) is 8.79. The highest BCUT2D eigenvalue weighted by atomic mass is 32.2. The second-order valence-electron chi connectivity index (χ2n) is 3.11. The fraction of sp³-hybridized carbons (Fsp3) is 0.100. The van der Waals surface area contributed by atoms with E-state index in [4.69, 9.17) is 10.3 Å². The number of carbonyl (C=O) groups is 1. The highest BCUT2D eigenvalue weighted by molar-refractivity contribution is 7.98. The number of hydrazine groups is 1. The van der Waals surface area contributed by atoms with Gasteiger partial charge in [0.05, 0.1) is 17.5 Å². The van der Waals surface area contributed by atoms with Gasteiger partial charge >= 0.3 is 0 Å². The fourth-order valence-electron chi connectivity index (χ4n) is 1.16. The largest absolute Gasteiger partial charge is 0.468 e. The molecule has 0 aliphatic rings. The van der Waals surface area contributed by atoms with E-state index in [0.717, 1.165) is 5.03 Å². The Morgan fingerprint density at radius 1 is 1.53 bits per heavy atom. The molecule has 17 heavy (non-hydrogen) atoms. The molecule has 0 aromatic carbocycles. The minimum atomic E-state index is -0.371. The lowest BCUT2D eigenvalue weighted by molar-refractivity contribution is 0.0953. The van der Waals surface area contributed by atoms with Gasteiger partial charge in [-0.2, -0.15) is 0 Å². The van der Waals surface area contributed by atoms with Crippen molar-refractivity contribution in [1.82, 2.24) is 15.4 Å². The van der Waals surface area contributed by atoms with Gasteiger partial charge in [0.15, 0.2) is 0 Å². The number of nitrogens with two attached hydrogens (primary N) is 1. The Morgan fingerprint density at radius 3 is 3.12 bits per heavy atom. The van der Waals surface area contributed by atoms with Gasteiger partial charge in [-0.1, -0.05) is 11.8 Å². The molecule has 0 aliphatic heterocycles. The zero-order valence-corrected chi connectivity index (χ0v) is 9.61. The van der Waals surface area contributed by atoms with Gasteiger partial charge in [-0.25, -0.2) is 10.8 Å². The van der Waals surface area contributed by atoms with Crippen molar-refractivity contribution in [2.75, 3.05) is 0 Å². The van der Waals surface area contributed by atoms with Crippen LogP contribution in [0.4, 0.5) is 0 Å². The molecule has 0 fully saturated rings. The van der Waals surface area contributed by atoms with Crippen LogP contribution < -0.4 is 11.3 Å². The van der Waals surface area contributed by atoms with Crippen molar-refractivity contribution in [3.8, 4) is 0 Å². The number of rotatable bonds is 4. The van der Waals surface area contributed by atoms with E-state index in [1.165, 1.54) is 18.0 Å². The third kappa shape index (κ3) is 3.05. The van der Waals surface area contributed by atoms with Gasteiger partial charge in [-0.3, -0.25) is 15.2 Å². The van der Waals surface area contributed by atoms with Crippen molar-refractivity contribution < 1.29 is 9.21 Å². The van der Waals surface area contributed by atoms with Crippen molar-refractivity contribution in [1.29, 1.82) is 0 Å². The average molecular weight is 250 g/mol. The highest BCUT2D eigenvalue weighted by Gasteiger charge is 2.09. The summed E-state index contributed by atoms with van der Waals surface area (Å²) in [7, 11) is 0. The average Bonchev–Trinajstić information content (AvgIpc) is 2.85. The predicted octanol–water partition coefficient (Wildman–Crippen LogP) is 0.965. The monoisotopic (exact) mass is 250 g/mol. The number of carbonyl (C=O) groups excluding carboxylic acids is 1. The number of hydrogen-bond acceptors (Lipinski definition) is 6. The number of thioether (sulfide) groups is 1. The lowest BCUT2D eigenvalue weighted by Crippen LogP contribution is -2.29. The van der Waals surface area contributed by atoms with Gasteiger partial charge in [0.25, 0.3) is 5.91 Å². The topological polar surface area (TPSA) is 94.0 Å². The van der Waals surface area contributed by atoms with Crippen LogP contribution in [0, 0.1) is 0 Å². The Balaban J connectivity index is 1.96. The molecule has 2 aromatic rings. The molecule has 2 heterocycles. The molecule has 1 amide bonds. The maximum atomic E-state index is 11.2. The van der Waals surface area contributed by atoms with Crippen molar-refractivity contribution in [3.63, 3.8) is 0 Å². The fourth-order valence-corrected chi connectivity index (χ4v) is 1.88. The van der Waals surface area contributed by atoms with Gasteiger partial charge < -0.3 is 4.42 Å². The van der Waals surface area contributed by atoms with E-state index in [9.17, 15) is 4.79 Å². The van der Waals surface area contributed by atoms with Crippen LogP contribution in [0.3, 0.4) is 0 Å². The first-order valence-corrected chi connectivity index (χ1v) is 5.75. The van der Waals surface area contributed by atoms with Gasteiger partial charge in [0, 0.05) is 12.4 Å². The number of furan rings is 1. The molecular weight excluding hydrogens is 240 g/mol. The van der Waals surface area contributed by atoms with Crippen LogP contribution in [-0.2, 0) is 5.75 Å². The van der Waals surface area contributed by atoms with E-state index in [0.29, 0.717) is 17.1 Å². The first-order chi connectivity index (χ1) is 8.29. The van der Waals surface area contributed by atoms with Crippen molar-refractivity contribution in [2.24, 2.45) is 5.84 Å². The quantitative estimate of drug-likeness (QED) is 0.363. The van der Waals surface area contributed by atoms with E-state index < -0.39 is 0 Å². The Bertz CT molecular complexity index is 500. The third-order valence-electron chi connectivity index (χ3n) is 1.95. The second-order valence-corrected chi connectivity index (χ2v) is 4.10. The van der Waals surface area contributed by atoms with Crippen LogP contribution in [0.1, 0.15) is 16.1 Å². The van der Waals surface area contributed by atoms with E-state index >= 15 is 0 Å². The molecule has 0 saturated heterocycles. The summed E-state index contributed by atoms with van der Waals surface area (Å²) in [5, 5.41) is 0.800. The Hall–Kier alpha value is -1.86. The Labute approximate surface area is 102 Å². The van der Waals surface area contributed by atoms with Crippen LogP contribution in [0.2, 0.25) is 0 Å². The summed E-state index contributed by atoms with van der Waals surface area (Å²) in [6, 6.07) is 1.64. The zero-order chi connectivity index (χ0) is 12.1. The lowest BCUT2D eigenvalue weighted by Gasteiger charge is -1.96. The number of nitrogen functional groups attached to an aromatic ring is 1. The molecule has 0 unspecified atom stereocenters. The van der Waals surface area contributed by atoms with Gasteiger partial charge in [-0.15, -0.1) is 0 Å². The molecule has 0 spiro atoms. The summed E-state index contributed by atoms with van der Waals surface area (Å²) in [6.07, 6.45) is 6.27. The number of nitrogens with zero attached hydrogens (tertiary/aromatic N) is 2. The Morgan fingerprint density at radius 2 is 2.41 bits per heavy atom. The summed E-state index contributed by atoms with van der Waals surface area (Å²) in [5.41, 5.74) is 2.45. The third-order valence-corrected chi connectivity index (χ3v) is 2.88. The van der Waals surface area contributed by atoms with Gasteiger partial charge in [0.1, 0.15) is 17.0 Å². The molecule has 0 atom stereocenters. The number of aromatic nitrogens is 2. The van der Waals surface area contributed by atoms with Crippen LogP contribution in [0.25, 0.3) is 0 Å². The maximum absolute atomic E-state index is 11.2. The summed E-state index contributed by atoms with van der Waals surface area (Å²) in [6.45, 7) is 0. The van der Waals surface area contributed by atoms with Gasteiger partial charge in [0.2, 0.25) is 0 Å². The van der Waals surface area contributed by atoms with E-state index in [2.05, 4.69) is 9.97 Å². The molecular formula is C10H10N4O2S. The van der Waals surface area contributed by atoms with Crippen molar-refractivity contribution >= 4 is 17.7 Å². The van der Waals surface area contributed by atoms with Crippen LogP contribution in [0.5, 0.6) is 0 Å². The van der Waals surface area contributed by atoms with E-state index in [1.807, 2.05) is 5.43 Å².